The molecule has 0 aliphatic carbocycles. The number of rotatable bonds is 5. The van der Waals surface area contributed by atoms with Gasteiger partial charge in [0.2, 0.25) is 5.91 Å². The van der Waals surface area contributed by atoms with Crippen molar-refractivity contribution in [2.75, 3.05) is 5.32 Å². The number of carbonyl (C=O) groups is 1. The summed E-state index contributed by atoms with van der Waals surface area (Å²) in [4.78, 5) is 17.0. The Labute approximate surface area is 160 Å². The van der Waals surface area contributed by atoms with Crippen LogP contribution in [0.25, 0.3) is 11.3 Å². The van der Waals surface area contributed by atoms with E-state index in [1.807, 2.05) is 41.8 Å². The van der Waals surface area contributed by atoms with Crippen molar-refractivity contribution in [2.24, 2.45) is 5.92 Å². The average molecular weight is 379 g/mol. The Bertz CT molecular complexity index is 995. The number of aromatic hydroxyl groups is 2. The van der Waals surface area contributed by atoms with Crippen molar-refractivity contribution in [3.05, 3.63) is 59.5 Å². The van der Waals surface area contributed by atoms with Gasteiger partial charge in [-0.25, -0.2) is 4.98 Å². The van der Waals surface area contributed by atoms with Crippen LogP contribution in [0.4, 0.5) is 5.13 Å². The van der Waals surface area contributed by atoms with Crippen molar-refractivity contribution in [2.45, 2.75) is 12.8 Å². The molecule has 1 aromatic heterocycles. The predicted octanol–water partition coefficient (Wildman–Crippen LogP) is 4.10. The molecule has 1 amide bonds. The van der Waals surface area contributed by atoms with Crippen molar-refractivity contribution < 1.29 is 15.0 Å². The lowest BCUT2D eigenvalue weighted by atomic mass is 9.87. The molecule has 136 valence electrons. The maximum Gasteiger partial charge on any atom is 0.244 e. The Hall–Kier alpha value is -3.37. The summed E-state index contributed by atoms with van der Waals surface area (Å²) in [7, 11) is 0. The molecule has 3 aromatic rings. The van der Waals surface area contributed by atoms with Gasteiger partial charge in [0.25, 0.3) is 0 Å². The van der Waals surface area contributed by atoms with Gasteiger partial charge in [-0.2, -0.15) is 5.26 Å². The van der Waals surface area contributed by atoms with Crippen LogP contribution in [0.5, 0.6) is 11.5 Å². The number of thiazole rings is 1. The Morgan fingerprint density at radius 3 is 2.59 bits per heavy atom. The lowest BCUT2D eigenvalue weighted by Crippen LogP contribution is -2.26. The number of nitrogens with one attached hydrogen (secondary N) is 1. The van der Waals surface area contributed by atoms with E-state index < -0.39 is 17.7 Å². The van der Waals surface area contributed by atoms with Crippen LogP contribution in [0, 0.1) is 17.2 Å². The first-order chi connectivity index (χ1) is 13.0. The van der Waals surface area contributed by atoms with Crippen LogP contribution in [0.1, 0.15) is 18.4 Å². The third-order valence-electron chi connectivity index (χ3n) is 4.25. The number of nitriles is 1. The zero-order valence-corrected chi connectivity index (χ0v) is 15.3. The van der Waals surface area contributed by atoms with Crippen LogP contribution >= 0.6 is 11.3 Å². The fraction of sp³-hybridized carbons (Fsp3) is 0.150. The summed E-state index contributed by atoms with van der Waals surface area (Å²) in [6, 6.07) is 15.9. The van der Waals surface area contributed by atoms with E-state index in [-0.39, 0.29) is 11.5 Å². The lowest BCUT2D eigenvalue weighted by Gasteiger charge is -2.17. The number of hydrogen-bond acceptors (Lipinski definition) is 6. The topological polar surface area (TPSA) is 106 Å². The van der Waals surface area contributed by atoms with E-state index in [1.54, 1.807) is 13.0 Å². The molecule has 0 aliphatic rings. The van der Waals surface area contributed by atoms with E-state index in [2.05, 4.69) is 10.3 Å². The molecule has 3 rings (SSSR count). The van der Waals surface area contributed by atoms with Crippen LogP contribution in [-0.2, 0) is 4.79 Å². The van der Waals surface area contributed by atoms with E-state index in [9.17, 15) is 20.3 Å². The van der Waals surface area contributed by atoms with Gasteiger partial charge in [0, 0.05) is 16.9 Å². The summed E-state index contributed by atoms with van der Waals surface area (Å²) >= 11 is 1.29. The quantitative estimate of drug-likeness (QED) is 0.579. The number of hydrogen-bond donors (Lipinski definition) is 3. The molecule has 2 aromatic carbocycles. The molecule has 0 saturated carbocycles. The van der Waals surface area contributed by atoms with Gasteiger partial charge in [-0.1, -0.05) is 43.3 Å². The smallest absolute Gasteiger partial charge is 0.244 e. The van der Waals surface area contributed by atoms with Gasteiger partial charge in [-0.15, -0.1) is 11.3 Å². The summed E-state index contributed by atoms with van der Waals surface area (Å²) in [5.41, 5.74) is 2.27. The number of phenolic OH excluding ortho intramolecular Hbond substituents is 2. The molecule has 7 heteroatoms. The third-order valence-corrected chi connectivity index (χ3v) is 5.01. The number of aromatic nitrogens is 1. The van der Waals surface area contributed by atoms with Gasteiger partial charge in [0.1, 0.15) is 5.92 Å². The number of anilines is 1. The fourth-order valence-electron chi connectivity index (χ4n) is 2.67. The molecule has 0 bridgehead atoms. The largest absolute Gasteiger partial charge is 0.504 e. The molecule has 27 heavy (non-hydrogen) atoms. The van der Waals surface area contributed by atoms with Gasteiger partial charge in [-0.3, -0.25) is 4.79 Å². The molecule has 0 aliphatic heterocycles. The molecule has 0 spiro atoms. The van der Waals surface area contributed by atoms with Crippen LogP contribution < -0.4 is 5.32 Å². The van der Waals surface area contributed by atoms with Gasteiger partial charge in [-0.05, 0) is 17.7 Å². The van der Waals surface area contributed by atoms with E-state index in [1.165, 1.54) is 23.5 Å². The molecule has 0 saturated heterocycles. The molecular formula is C20H17N3O3S. The summed E-state index contributed by atoms with van der Waals surface area (Å²) in [6.45, 7) is 1.72. The van der Waals surface area contributed by atoms with Gasteiger partial charge < -0.3 is 15.5 Å². The number of phenols is 2. The second kappa shape index (κ2) is 7.89. The van der Waals surface area contributed by atoms with Crippen molar-refractivity contribution in [1.29, 1.82) is 5.26 Å². The maximum absolute atomic E-state index is 12.6. The minimum Gasteiger partial charge on any atom is -0.504 e. The highest BCUT2D eigenvalue weighted by atomic mass is 32.1. The Kier molecular flexibility index (Phi) is 5.38. The summed E-state index contributed by atoms with van der Waals surface area (Å²) < 4.78 is 0. The Morgan fingerprint density at radius 1 is 1.19 bits per heavy atom. The first-order valence-corrected chi connectivity index (χ1v) is 9.11. The first kappa shape index (κ1) is 18.4. The van der Waals surface area contributed by atoms with Crippen LogP contribution in [0.3, 0.4) is 0 Å². The SMILES string of the molecule is CC(c1ccc(O)c(O)c1)C(C#N)C(=O)Nc1nc(-c2ccccc2)cs1. The molecule has 0 radical (unpaired) electrons. The lowest BCUT2D eigenvalue weighted by molar-refractivity contribution is -0.118. The molecule has 2 atom stereocenters. The predicted molar refractivity (Wildman–Crippen MR) is 103 cm³/mol. The fourth-order valence-corrected chi connectivity index (χ4v) is 3.39. The molecule has 6 nitrogen and oxygen atoms in total. The monoisotopic (exact) mass is 379 g/mol. The van der Waals surface area contributed by atoms with E-state index in [4.69, 9.17) is 0 Å². The zero-order valence-electron chi connectivity index (χ0n) is 14.5. The minimum atomic E-state index is -0.974. The van der Waals surface area contributed by atoms with Crippen molar-refractivity contribution >= 4 is 22.4 Å². The van der Waals surface area contributed by atoms with Gasteiger partial charge >= 0.3 is 0 Å². The standard InChI is InChI=1S/C20H17N3O3S/c1-12(14-7-8-17(24)18(25)9-14)15(10-21)19(26)23-20-22-16(11-27-20)13-5-3-2-4-6-13/h2-9,11-12,15,24-25H,1H3,(H,22,23,26). The first-order valence-electron chi connectivity index (χ1n) is 8.23. The molecule has 3 N–H and O–H groups in total. The van der Waals surface area contributed by atoms with E-state index in [0.29, 0.717) is 10.7 Å². The second-order valence-electron chi connectivity index (χ2n) is 6.04. The summed E-state index contributed by atoms with van der Waals surface area (Å²) in [6.07, 6.45) is 0. The number of carbonyl (C=O) groups excluding carboxylic acids is 1. The normalized spacial score (nSPS) is 12.7. The van der Waals surface area contributed by atoms with Gasteiger partial charge in [0.05, 0.1) is 11.8 Å². The highest BCUT2D eigenvalue weighted by molar-refractivity contribution is 7.14. The average Bonchev–Trinajstić information content (AvgIpc) is 3.13. The maximum atomic E-state index is 12.6. The zero-order chi connectivity index (χ0) is 19.4. The highest BCUT2D eigenvalue weighted by Gasteiger charge is 2.27. The molecule has 1 heterocycles. The Balaban J connectivity index is 1.75. The number of amides is 1. The van der Waals surface area contributed by atoms with Crippen LogP contribution in [-0.4, -0.2) is 21.1 Å². The second-order valence-corrected chi connectivity index (χ2v) is 6.89. The number of nitrogens with zero attached hydrogens (tertiary/aromatic N) is 2. The summed E-state index contributed by atoms with van der Waals surface area (Å²) in [5.74, 6) is -2.45. The number of benzene rings is 2. The van der Waals surface area contributed by atoms with Crippen LogP contribution in [0.15, 0.2) is 53.9 Å². The highest BCUT2D eigenvalue weighted by Crippen LogP contribution is 2.32. The Morgan fingerprint density at radius 2 is 1.93 bits per heavy atom. The van der Waals surface area contributed by atoms with E-state index >= 15 is 0 Å². The van der Waals surface area contributed by atoms with E-state index in [0.717, 1.165) is 11.3 Å². The van der Waals surface area contributed by atoms with Gasteiger partial charge in [0.15, 0.2) is 16.6 Å². The van der Waals surface area contributed by atoms with Crippen molar-refractivity contribution in [3.63, 3.8) is 0 Å². The summed E-state index contributed by atoms with van der Waals surface area (Å²) in [5, 5.41) is 33.5. The van der Waals surface area contributed by atoms with Crippen molar-refractivity contribution in [1.82, 2.24) is 4.98 Å². The third kappa shape index (κ3) is 4.07. The molecule has 0 fully saturated rings. The molecule has 2 unspecified atom stereocenters. The minimum absolute atomic E-state index is 0.250. The van der Waals surface area contributed by atoms with Crippen LogP contribution in [0.2, 0.25) is 0 Å². The molecular weight excluding hydrogens is 362 g/mol. The van der Waals surface area contributed by atoms with Crippen molar-refractivity contribution in [3.8, 4) is 28.8 Å².